The second kappa shape index (κ2) is 10.3. The van der Waals surface area contributed by atoms with E-state index in [4.69, 9.17) is 21.7 Å². The largest absolute Gasteiger partial charge is 0.462 e. The number of hydrogen-bond acceptors (Lipinski definition) is 8. The number of rotatable bonds is 5. The number of fused-ring (bicyclic) bond motifs is 1. The van der Waals surface area contributed by atoms with E-state index in [1.165, 1.54) is 23.5 Å². The summed E-state index contributed by atoms with van der Waals surface area (Å²) in [7, 11) is 0. The third kappa shape index (κ3) is 4.70. The van der Waals surface area contributed by atoms with Crippen LogP contribution in [0.15, 0.2) is 32.2 Å². The van der Waals surface area contributed by atoms with E-state index < -0.39 is 17.5 Å². The highest BCUT2D eigenvalue weighted by molar-refractivity contribution is 8.29. The number of carbonyl (C=O) groups is 3. The molecule has 34 heavy (non-hydrogen) atoms. The van der Waals surface area contributed by atoms with Crippen molar-refractivity contribution in [1.29, 1.82) is 0 Å². The van der Waals surface area contributed by atoms with Gasteiger partial charge in [0.25, 0.3) is 0 Å². The zero-order valence-corrected chi connectivity index (χ0v) is 22.9. The van der Waals surface area contributed by atoms with Gasteiger partial charge >= 0.3 is 11.9 Å². The van der Waals surface area contributed by atoms with Crippen LogP contribution in [0.5, 0.6) is 0 Å². The molecule has 0 unspecified atom stereocenters. The average molecular weight is 520 g/mol. The molecular weight excluding hydrogens is 490 g/mol. The van der Waals surface area contributed by atoms with E-state index in [0.717, 1.165) is 22.4 Å². The Bertz CT molecular complexity index is 1100. The number of thiocarbonyl (C=S) groups is 1. The Balaban J connectivity index is 2.23. The number of nitrogens with zero attached hydrogens (tertiary/aromatic N) is 1. The number of hydrogen-bond donors (Lipinski definition) is 0. The maximum Gasteiger partial charge on any atom is 0.346 e. The summed E-state index contributed by atoms with van der Waals surface area (Å²) in [4.78, 5) is 41.4. The molecular formula is C25H29NO5S3. The molecule has 0 N–H and O–H groups in total. The summed E-state index contributed by atoms with van der Waals surface area (Å²) >= 11 is 8.33. The van der Waals surface area contributed by atoms with E-state index in [-0.39, 0.29) is 34.8 Å². The molecule has 0 aliphatic carbocycles. The quantitative estimate of drug-likeness (QED) is 0.281. The van der Waals surface area contributed by atoms with Crippen molar-refractivity contribution in [2.75, 3.05) is 18.1 Å². The number of carbonyl (C=O) groups excluding carboxylic acids is 3. The second-order valence-electron chi connectivity index (χ2n) is 8.70. The third-order valence-corrected chi connectivity index (χ3v) is 8.70. The Morgan fingerprint density at radius 3 is 2.03 bits per heavy atom. The minimum Gasteiger partial charge on any atom is -0.462 e. The maximum atomic E-state index is 13.3. The summed E-state index contributed by atoms with van der Waals surface area (Å²) in [5, 5.41) is 0. The van der Waals surface area contributed by atoms with Gasteiger partial charge in [0.2, 0.25) is 5.91 Å². The Morgan fingerprint density at radius 1 is 1.03 bits per heavy atom. The molecule has 0 bridgehead atoms. The monoisotopic (exact) mass is 519 g/mol. The van der Waals surface area contributed by atoms with Crippen molar-refractivity contribution in [3.05, 3.63) is 43.4 Å². The van der Waals surface area contributed by atoms with E-state index in [1.807, 2.05) is 52.8 Å². The molecule has 0 radical (unpaired) electrons. The smallest absolute Gasteiger partial charge is 0.346 e. The van der Waals surface area contributed by atoms with Crippen LogP contribution in [0, 0.1) is 12.8 Å². The zero-order valence-electron chi connectivity index (χ0n) is 20.4. The number of amides is 1. The van der Waals surface area contributed by atoms with Crippen molar-refractivity contribution in [3.8, 4) is 0 Å². The van der Waals surface area contributed by atoms with Gasteiger partial charge in [0.1, 0.15) is 9.81 Å². The summed E-state index contributed by atoms with van der Waals surface area (Å²) in [5.41, 5.74) is 2.53. The molecule has 182 valence electrons. The predicted molar refractivity (Wildman–Crippen MR) is 143 cm³/mol. The molecule has 6 nitrogen and oxygen atoms in total. The van der Waals surface area contributed by atoms with E-state index in [9.17, 15) is 14.4 Å². The minimum absolute atomic E-state index is 0.0224. The number of esters is 2. The Hall–Kier alpha value is -2.10. The fraction of sp³-hybridized carbons (Fsp3) is 0.440. The van der Waals surface area contributed by atoms with E-state index in [1.54, 1.807) is 18.7 Å². The van der Waals surface area contributed by atoms with Crippen LogP contribution >= 0.6 is 35.7 Å². The van der Waals surface area contributed by atoms with Crippen LogP contribution < -0.4 is 4.90 Å². The maximum absolute atomic E-state index is 13.3. The third-order valence-electron chi connectivity index (χ3n) is 5.44. The van der Waals surface area contributed by atoms with Crippen molar-refractivity contribution in [1.82, 2.24) is 0 Å². The molecule has 1 aromatic carbocycles. The number of aryl methyl sites for hydroxylation is 1. The van der Waals surface area contributed by atoms with E-state index in [0.29, 0.717) is 9.10 Å². The van der Waals surface area contributed by atoms with Crippen LogP contribution in [-0.2, 0) is 23.9 Å². The lowest BCUT2D eigenvalue weighted by Gasteiger charge is -2.46. The van der Waals surface area contributed by atoms with Crippen LogP contribution in [0.25, 0.3) is 5.57 Å². The Labute approximate surface area is 214 Å². The van der Waals surface area contributed by atoms with Crippen molar-refractivity contribution in [2.45, 2.75) is 54.0 Å². The summed E-state index contributed by atoms with van der Waals surface area (Å²) in [6.07, 6.45) is 0. The van der Waals surface area contributed by atoms with E-state index >= 15 is 0 Å². The molecule has 9 heteroatoms. The van der Waals surface area contributed by atoms with Gasteiger partial charge in [-0.25, -0.2) is 9.59 Å². The number of benzene rings is 1. The highest BCUT2D eigenvalue weighted by atomic mass is 32.2. The summed E-state index contributed by atoms with van der Waals surface area (Å²) < 4.78 is 11.1. The fourth-order valence-electron chi connectivity index (χ4n) is 3.79. The molecule has 0 saturated carbocycles. The molecule has 0 saturated heterocycles. The van der Waals surface area contributed by atoms with Crippen LogP contribution in [0.4, 0.5) is 5.69 Å². The van der Waals surface area contributed by atoms with Gasteiger partial charge in [-0.15, -0.1) is 0 Å². The van der Waals surface area contributed by atoms with Crippen LogP contribution in [0.2, 0.25) is 0 Å². The first kappa shape index (κ1) is 26.5. The molecule has 2 aliphatic rings. The van der Waals surface area contributed by atoms with Crippen LogP contribution in [-0.4, -0.2) is 41.5 Å². The summed E-state index contributed by atoms with van der Waals surface area (Å²) in [6.45, 7) is 13.4. The van der Waals surface area contributed by atoms with Gasteiger partial charge in [-0.3, -0.25) is 4.79 Å². The van der Waals surface area contributed by atoms with Gasteiger partial charge in [0.15, 0.2) is 0 Å². The summed E-state index contributed by atoms with van der Waals surface area (Å²) in [6, 6.07) is 5.89. The lowest BCUT2D eigenvalue weighted by molar-refractivity contribution is -0.140. The van der Waals surface area contributed by atoms with Crippen molar-refractivity contribution in [3.63, 3.8) is 0 Å². The van der Waals surface area contributed by atoms with Crippen molar-refractivity contribution < 1.29 is 23.9 Å². The van der Waals surface area contributed by atoms with Gasteiger partial charge in [0, 0.05) is 17.1 Å². The topological polar surface area (TPSA) is 72.9 Å². The molecule has 1 aromatic rings. The number of anilines is 1. The minimum atomic E-state index is -0.792. The normalized spacial score (nSPS) is 17.3. The van der Waals surface area contributed by atoms with Gasteiger partial charge < -0.3 is 14.4 Å². The molecule has 2 aliphatic heterocycles. The summed E-state index contributed by atoms with van der Waals surface area (Å²) in [5.74, 6) is -1.37. The van der Waals surface area contributed by atoms with Crippen molar-refractivity contribution in [2.24, 2.45) is 5.92 Å². The van der Waals surface area contributed by atoms with Crippen LogP contribution in [0.3, 0.4) is 0 Å². The Kier molecular flexibility index (Phi) is 7.99. The molecule has 3 rings (SSSR count). The lowest BCUT2D eigenvalue weighted by Crippen LogP contribution is -2.57. The highest BCUT2D eigenvalue weighted by Gasteiger charge is 2.46. The van der Waals surface area contributed by atoms with Gasteiger partial charge in [-0.05, 0) is 46.8 Å². The highest BCUT2D eigenvalue weighted by Crippen LogP contribution is 2.56. The lowest BCUT2D eigenvalue weighted by atomic mass is 9.82. The molecule has 0 aromatic heterocycles. The Morgan fingerprint density at radius 2 is 1.56 bits per heavy atom. The van der Waals surface area contributed by atoms with Crippen LogP contribution in [0.1, 0.15) is 52.7 Å². The van der Waals surface area contributed by atoms with Crippen molar-refractivity contribution >= 4 is 69.7 Å². The standard InChI is InChI=1S/C25H29NO5S3/c1-8-30-22(28)18-19(23(29)31-9-2)34-24(33-18)17-15-12-14(5)10-11-16(15)26(21(27)13(3)4)25(6,7)20(17)32/h10-13H,8-9H2,1-7H3. The van der Waals surface area contributed by atoms with E-state index in [2.05, 4.69) is 0 Å². The van der Waals surface area contributed by atoms with Gasteiger partial charge in [0.05, 0.1) is 33.5 Å². The molecule has 1 amide bonds. The zero-order chi connectivity index (χ0) is 25.4. The average Bonchev–Trinajstić information content (AvgIpc) is 3.20. The molecule has 0 spiro atoms. The molecule has 0 atom stereocenters. The first-order valence-electron chi connectivity index (χ1n) is 11.1. The predicted octanol–water partition coefficient (Wildman–Crippen LogP) is 5.63. The SMILES string of the molecule is CCOC(=O)C1=C(C(=O)OCC)SC(=C2C(=S)C(C)(C)N(C(=O)C(C)C)c3ccc(C)cc32)S1. The molecule has 0 fully saturated rings. The first-order valence-corrected chi connectivity index (χ1v) is 13.2. The fourth-order valence-corrected chi connectivity index (χ4v) is 6.78. The second-order valence-corrected chi connectivity index (χ2v) is 11.4. The van der Waals surface area contributed by atoms with Gasteiger partial charge in [-0.2, -0.15) is 0 Å². The number of ether oxygens (including phenoxy) is 2. The number of thioether (sulfide) groups is 2. The molecule has 2 heterocycles. The van der Waals surface area contributed by atoms with Gasteiger partial charge in [-0.1, -0.05) is 61.2 Å². The first-order chi connectivity index (χ1) is 15.9.